The molecular formula is C20H24N8O2. The van der Waals surface area contributed by atoms with Crippen LogP contribution in [0, 0.1) is 0 Å². The predicted molar refractivity (Wildman–Crippen MR) is 113 cm³/mol. The van der Waals surface area contributed by atoms with E-state index >= 15 is 0 Å². The molecule has 10 nitrogen and oxygen atoms in total. The molecule has 0 bridgehead atoms. The summed E-state index contributed by atoms with van der Waals surface area (Å²) in [5.41, 5.74) is 3.49. The van der Waals surface area contributed by atoms with Gasteiger partial charge in [-0.2, -0.15) is 10.1 Å². The third-order valence-electron chi connectivity index (χ3n) is 5.35. The molecule has 4 heterocycles. The topological polar surface area (TPSA) is 103 Å². The van der Waals surface area contributed by atoms with Gasteiger partial charge >= 0.3 is 0 Å². The standard InChI is InChI=1S/C20H24N8O2/c1-21-19-18-15(16-5-8-27-17(24-16)3-6-22-27)4-7-28(18)26-20(25-19)23-13-11-14(12-13)30-10-9-29-2/h3-8,13-14H,9-12H2,1-2H3,(H2,21,23,25,26). The quantitative estimate of drug-likeness (QED) is 0.427. The third-order valence-corrected chi connectivity index (χ3v) is 5.35. The number of aromatic nitrogens is 6. The Morgan fingerprint density at radius 1 is 1.10 bits per heavy atom. The van der Waals surface area contributed by atoms with E-state index in [1.54, 1.807) is 17.8 Å². The molecule has 30 heavy (non-hydrogen) atoms. The van der Waals surface area contributed by atoms with Crippen LogP contribution in [0.4, 0.5) is 11.8 Å². The van der Waals surface area contributed by atoms with Crippen LogP contribution in [0.5, 0.6) is 0 Å². The fourth-order valence-corrected chi connectivity index (χ4v) is 3.73. The second-order valence-electron chi connectivity index (χ2n) is 7.30. The van der Waals surface area contributed by atoms with Crippen molar-refractivity contribution < 1.29 is 9.47 Å². The molecule has 1 fully saturated rings. The normalized spacial score (nSPS) is 18.6. The lowest BCUT2D eigenvalue weighted by Gasteiger charge is -2.35. The fourth-order valence-electron chi connectivity index (χ4n) is 3.73. The van der Waals surface area contributed by atoms with Crippen molar-refractivity contribution in [3.8, 4) is 11.3 Å². The molecule has 1 aliphatic rings. The highest BCUT2D eigenvalue weighted by molar-refractivity contribution is 5.87. The number of fused-ring (bicyclic) bond motifs is 2. The first-order valence-electron chi connectivity index (χ1n) is 10.00. The summed E-state index contributed by atoms with van der Waals surface area (Å²) in [6.07, 6.45) is 7.71. The lowest BCUT2D eigenvalue weighted by molar-refractivity contribution is -0.0261. The van der Waals surface area contributed by atoms with E-state index in [0.717, 1.165) is 41.1 Å². The molecule has 0 radical (unpaired) electrons. The van der Waals surface area contributed by atoms with Crippen molar-refractivity contribution in [1.82, 2.24) is 29.2 Å². The highest BCUT2D eigenvalue weighted by Gasteiger charge is 2.30. The first-order valence-corrected chi connectivity index (χ1v) is 10.00. The van der Waals surface area contributed by atoms with Crippen LogP contribution in [-0.4, -0.2) is 68.7 Å². The average Bonchev–Trinajstić information content (AvgIpc) is 3.37. The second kappa shape index (κ2) is 7.88. The van der Waals surface area contributed by atoms with Crippen LogP contribution in [0.3, 0.4) is 0 Å². The zero-order chi connectivity index (χ0) is 20.5. The van der Waals surface area contributed by atoms with Crippen molar-refractivity contribution in [2.24, 2.45) is 0 Å². The number of methoxy groups -OCH3 is 1. The molecule has 0 saturated heterocycles. The molecule has 0 unspecified atom stereocenters. The maximum atomic E-state index is 5.74. The van der Waals surface area contributed by atoms with Crippen molar-refractivity contribution >= 4 is 22.9 Å². The Kier molecular flexibility index (Phi) is 4.93. The molecule has 0 atom stereocenters. The van der Waals surface area contributed by atoms with Crippen molar-refractivity contribution in [2.75, 3.05) is 38.0 Å². The third kappa shape index (κ3) is 3.44. The van der Waals surface area contributed by atoms with Crippen LogP contribution in [0.2, 0.25) is 0 Å². The summed E-state index contributed by atoms with van der Waals surface area (Å²) < 4.78 is 14.3. The Labute approximate surface area is 173 Å². The van der Waals surface area contributed by atoms with Crippen molar-refractivity contribution in [3.05, 3.63) is 36.8 Å². The number of hydrogen-bond acceptors (Lipinski definition) is 8. The lowest BCUT2D eigenvalue weighted by atomic mass is 9.89. The van der Waals surface area contributed by atoms with E-state index in [0.29, 0.717) is 25.2 Å². The summed E-state index contributed by atoms with van der Waals surface area (Å²) in [6.45, 7) is 1.25. The van der Waals surface area contributed by atoms with E-state index in [1.165, 1.54) is 0 Å². The van der Waals surface area contributed by atoms with Crippen molar-refractivity contribution in [1.29, 1.82) is 0 Å². The zero-order valence-corrected chi connectivity index (χ0v) is 16.9. The Bertz CT molecular complexity index is 1160. The average molecular weight is 408 g/mol. The number of ether oxygens (including phenoxy) is 2. The van der Waals surface area contributed by atoms with Gasteiger partial charge in [0.15, 0.2) is 11.5 Å². The van der Waals surface area contributed by atoms with E-state index < -0.39 is 0 Å². The summed E-state index contributed by atoms with van der Waals surface area (Å²) in [5.74, 6) is 1.34. The summed E-state index contributed by atoms with van der Waals surface area (Å²) in [5, 5.41) is 15.5. The highest BCUT2D eigenvalue weighted by Crippen LogP contribution is 2.30. The Hall–Kier alpha value is -3.24. The monoisotopic (exact) mass is 408 g/mol. The minimum Gasteiger partial charge on any atom is -0.382 e. The smallest absolute Gasteiger partial charge is 0.243 e. The van der Waals surface area contributed by atoms with Gasteiger partial charge in [-0.1, -0.05) is 0 Å². The van der Waals surface area contributed by atoms with Gasteiger partial charge < -0.3 is 20.1 Å². The molecule has 2 N–H and O–H groups in total. The number of nitrogens with zero attached hydrogens (tertiary/aromatic N) is 6. The van der Waals surface area contributed by atoms with Crippen LogP contribution >= 0.6 is 0 Å². The number of hydrogen-bond donors (Lipinski definition) is 2. The first-order chi connectivity index (χ1) is 14.7. The molecule has 4 aromatic heterocycles. The summed E-state index contributed by atoms with van der Waals surface area (Å²) >= 11 is 0. The molecule has 0 aromatic carbocycles. The van der Waals surface area contributed by atoms with Gasteiger partial charge in [0.1, 0.15) is 5.52 Å². The van der Waals surface area contributed by atoms with Crippen LogP contribution in [0.1, 0.15) is 12.8 Å². The van der Waals surface area contributed by atoms with Crippen molar-refractivity contribution in [2.45, 2.75) is 25.0 Å². The molecule has 0 spiro atoms. The predicted octanol–water partition coefficient (Wildman–Crippen LogP) is 2.09. The molecule has 0 aliphatic heterocycles. The minimum atomic E-state index is 0.271. The molecule has 156 valence electrons. The molecule has 5 rings (SSSR count). The number of anilines is 2. The molecule has 1 saturated carbocycles. The van der Waals surface area contributed by atoms with Gasteiger partial charge in [0.05, 0.1) is 31.2 Å². The summed E-state index contributed by atoms with van der Waals surface area (Å²) in [7, 11) is 3.54. The van der Waals surface area contributed by atoms with Gasteiger partial charge in [-0.15, -0.1) is 5.10 Å². The molecule has 4 aromatic rings. The number of rotatable bonds is 8. The van der Waals surface area contributed by atoms with Gasteiger partial charge in [-0.25, -0.2) is 14.0 Å². The molecule has 0 amide bonds. The molecular weight excluding hydrogens is 384 g/mol. The summed E-state index contributed by atoms with van der Waals surface area (Å²) in [4.78, 5) is 9.39. The Morgan fingerprint density at radius 3 is 2.80 bits per heavy atom. The van der Waals surface area contributed by atoms with Gasteiger partial charge in [-0.05, 0) is 25.0 Å². The molecule has 10 heteroatoms. The largest absolute Gasteiger partial charge is 0.382 e. The SMILES string of the molecule is CNc1nc(NC2CC(OCCOC)C2)nn2ccc(-c3ccn4nccc4n3)c12. The van der Waals surface area contributed by atoms with Gasteiger partial charge in [-0.3, -0.25) is 0 Å². The van der Waals surface area contributed by atoms with Gasteiger partial charge in [0.2, 0.25) is 5.95 Å². The fraction of sp³-hybridized carbons (Fsp3) is 0.400. The van der Waals surface area contributed by atoms with Gasteiger partial charge in [0.25, 0.3) is 0 Å². The van der Waals surface area contributed by atoms with Crippen LogP contribution in [-0.2, 0) is 9.47 Å². The van der Waals surface area contributed by atoms with E-state index in [2.05, 4.69) is 20.8 Å². The first kappa shape index (κ1) is 18.8. The van der Waals surface area contributed by atoms with Crippen LogP contribution in [0.15, 0.2) is 36.8 Å². The highest BCUT2D eigenvalue weighted by atomic mass is 16.5. The van der Waals surface area contributed by atoms with Crippen molar-refractivity contribution in [3.63, 3.8) is 0 Å². The maximum absolute atomic E-state index is 5.74. The van der Waals surface area contributed by atoms with Crippen LogP contribution in [0.25, 0.3) is 22.4 Å². The number of nitrogens with one attached hydrogen (secondary N) is 2. The minimum absolute atomic E-state index is 0.271. The van der Waals surface area contributed by atoms with E-state index in [4.69, 9.17) is 19.4 Å². The van der Waals surface area contributed by atoms with Crippen LogP contribution < -0.4 is 10.6 Å². The maximum Gasteiger partial charge on any atom is 0.243 e. The Balaban J connectivity index is 1.37. The second-order valence-corrected chi connectivity index (χ2v) is 7.30. The van der Waals surface area contributed by atoms with E-state index in [-0.39, 0.29) is 6.10 Å². The van der Waals surface area contributed by atoms with E-state index in [1.807, 2.05) is 42.2 Å². The zero-order valence-electron chi connectivity index (χ0n) is 16.9. The van der Waals surface area contributed by atoms with Gasteiger partial charge in [0, 0.05) is 44.2 Å². The Morgan fingerprint density at radius 2 is 1.97 bits per heavy atom. The lowest BCUT2D eigenvalue weighted by Crippen LogP contribution is -2.41. The van der Waals surface area contributed by atoms with E-state index in [9.17, 15) is 0 Å². The molecule has 1 aliphatic carbocycles. The summed E-state index contributed by atoms with van der Waals surface area (Å²) in [6, 6.07) is 6.14.